The van der Waals surface area contributed by atoms with E-state index >= 15 is 0 Å². The minimum absolute atomic E-state index is 0.257. The fourth-order valence-electron chi connectivity index (χ4n) is 6.41. The number of rotatable bonds is 8. The van der Waals surface area contributed by atoms with Crippen LogP contribution in [0.1, 0.15) is 64.2 Å². The van der Waals surface area contributed by atoms with Crippen LogP contribution in [0.15, 0.2) is 16.7 Å². The van der Waals surface area contributed by atoms with E-state index in [0.717, 1.165) is 88.4 Å². The van der Waals surface area contributed by atoms with Crippen LogP contribution in [-0.2, 0) is 9.53 Å². The predicted molar refractivity (Wildman–Crippen MR) is 149 cm³/mol. The maximum atomic E-state index is 12.6. The first-order chi connectivity index (χ1) is 18.0. The van der Waals surface area contributed by atoms with Crippen molar-refractivity contribution in [2.45, 2.75) is 76.4 Å². The van der Waals surface area contributed by atoms with Crippen LogP contribution in [0.3, 0.4) is 0 Å². The molecule has 3 fully saturated rings. The van der Waals surface area contributed by atoms with Gasteiger partial charge >= 0.3 is 0 Å². The Morgan fingerprint density at radius 2 is 1.68 bits per heavy atom. The van der Waals surface area contributed by atoms with Crippen molar-refractivity contribution in [3.63, 3.8) is 0 Å². The molecule has 0 unspecified atom stereocenters. The molecule has 1 N–H and O–H groups in total. The number of piperazine rings is 1. The number of carbonyl (C=O) groups is 1. The van der Waals surface area contributed by atoms with Crippen molar-refractivity contribution in [3.8, 4) is 0 Å². The van der Waals surface area contributed by atoms with Crippen molar-refractivity contribution < 1.29 is 14.1 Å². The molecule has 9 heteroatoms. The molecule has 0 radical (unpaired) electrons. The first kappa shape index (κ1) is 27.0. The Hall–Kier alpha value is -1.54. The summed E-state index contributed by atoms with van der Waals surface area (Å²) in [7, 11) is 1.80. The summed E-state index contributed by atoms with van der Waals surface area (Å²) in [5, 5.41) is 9.56. The number of carbonyl (C=O) groups excluding carboxylic acids is 1. The summed E-state index contributed by atoms with van der Waals surface area (Å²) in [6.45, 7) is 5.03. The van der Waals surface area contributed by atoms with Gasteiger partial charge in [-0.05, 0) is 82.2 Å². The zero-order chi connectivity index (χ0) is 25.8. The summed E-state index contributed by atoms with van der Waals surface area (Å²) < 4.78 is 10.9. The lowest BCUT2D eigenvalue weighted by atomic mass is 9.83. The van der Waals surface area contributed by atoms with Crippen LogP contribution in [0.25, 0.3) is 11.0 Å². The Morgan fingerprint density at radius 3 is 2.38 bits per heavy atom. The van der Waals surface area contributed by atoms with E-state index in [-0.39, 0.29) is 5.91 Å². The van der Waals surface area contributed by atoms with Gasteiger partial charge < -0.3 is 19.5 Å². The number of aromatic nitrogens is 1. The lowest BCUT2D eigenvalue weighted by Gasteiger charge is -2.36. The van der Waals surface area contributed by atoms with Crippen molar-refractivity contribution in [2.75, 3.05) is 44.7 Å². The van der Waals surface area contributed by atoms with E-state index in [1.165, 1.54) is 19.3 Å². The summed E-state index contributed by atoms with van der Waals surface area (Å²) in [5.41, 5.74) is 0.674. The van der Waals surface area contributed by atoms with Gasteiger partial charge in [0.2, 0.25) is 5.91 Å². The van der Waals surface area contributed by atoms with Crippen molar-refractivity contribution in [3.05, 3.63) is 22.2 Å². The van der Waals surface area contributed by atoms with E-state index in [1.54, 1.807) is 13.2 Å². The van der Waals surface area contributed by atoms with Crippen molar-refractivity contribution in [1.82, 2.24) is 15.4 Å². The van der Waals surface area contributed by atoms with Gasteiger partial charge in [0.25, 0.3) is 0 Å². The zero-order valence-corrected chi connectivity index (χ0v) is 23.4. The Bertz CT molecular complexity index is 1040. The monoisotopic (exact) mass is 550 g/mol. The Kier molecular flexibility index (Phi) is 9.17. The number of halogens is 2. The molecule has 1 aromatic heterocycles. The largest absolute Gasteiger partial charge is 0.381 e. The number of anilines is 1. The van der Waals surface area contributed by atoms with Gasteiger partial charge in [-0.3, -0.25) is 9.69 Å². The second-order valence-electron chi connectivity index (χ2n) is 11.3. The number of ether oxygens (including phenoxy) is 1. The molecule has 1 aliphatic heterocycles. The average Bonchev–Trinajstić information content (AvgIpc) is 3.31. The number of benzene rings is 1. The van der Waals surface area contributed by atoms with Gasteiger partial charge in [-0.1, -0.05) is 28.4 Å². The second-order valence-corrected chi connectivity index (χ2v) is 12.1. The number of hydrogen-bond donors (Lipinski definition) is 1. The summed E-state index contributed by atoms with van der Waals surface area (Å²) >= 11 is 12.3. The van der Waals surface area contributed by atoms with Crippen LogP contribution in [0.2, 0.25) is 10.0 Å². The predicted octanol–water partition coefficient (Wildman–Crippen LogP) is 5.92. The van der Waals surface area contributed by atoms with Crippen LogP contribution < -0.4 is 10.2 Å². The van der Waals surface area contributed by atoms with Crippen LogP contribution in [-0.4, -0.2) is 67.9 Å². The first-order valence-corrected chi connectivity index (χ1v) is 14.8. The van der Waals surface area contributed by atoms with Crippen LogP contribution in [0.5, 0.6) is 0 Å². The van der Waals surface area contributed by atoms with Gasteiger partial charge in [0.15, 0.2) is 11.4 Å². The molecule has 37 heavy (non-hydrogen) atoms. The highest BCUT2D eigenvalue weighted by Crippen LogP contribution is 2.34. The number of nitrogens with zero attached hydrogens (tertiary/aromatic N) is 3. The number of methoxy groups -OCH3 is 1. The van der Waals surface area contributed by atoms with E-state index < -0.39 is 0 Å². The lowest BCUT2D eigenvalue weighted by Crippen LogP contribution is -2.47. The summed E-state index contributed by atoms with van der Waals surface area (Å²) in [4.78, 5) is 17.4. The number of amides is 1. The molecule has 1 amide bonds. The van der Waals surface area contributed by atoms with Gasteiger partial charge in [-0.2, -0.15) is 0 Å². The quantitative estimate of drug-likeness (QED) is 0.440. The molecule has 204 valence electrons. The summed E-state index contributed by atoms with van der Waals surface area (Å²) in [6.07, 6.45) is 11.4. The Labute approximate surface area is 230 Å². The molecule has 3 aliphatic rings. The Morgan fingerprint density at radius 1 is 1.00 bits per heavy atom. The molecule has 2 aliphatic carbocycles. The highest BCUT2D eigenvalue weighted by atomic mass is 35.5. The van der Waals surface area contributed by atoms with E-state index in [2.05, 4.69) is 20.3 Å². The maximum absolute atomic E-state index is 12.6. The third-order valence-corrected chi connectivity index (χ3v) is 9.55. The third-order valence-electron chi connectivity index (χ3n) is 8.83. The fourth-order valence-corrected chi connectivity index (χ4v) is 6.73. The summed E-state index contributed by atoms with van der Waals surface area (Å²) in [6, 6.07) is 3.95. The highest BCUT2D eigenvalue weighted by molar-refractivity contribution is 6.42. The van der Waals surface area contributed by atoms with Gasteiger partial charge in [-0.25, -0.2) is 0 Å². The minimum Gasteiger partial charge on any atom is -0.381 e. The maximum Gasteiger partial charge on any atom is 0.220 e. The van der Waals surface area contributed by atoms with E-state index in [1.807, 2.05) is 6.07 Å². The molecule has 0 spiro atoms. The fraction of sp³-hybridized carbons (Fsp3) is 0.714. The van der Waals surface area contributed by atoms with Crippen LogP contribution >= 0.6 is 23.2 Å². The normalized spacial score (nSPS) is 27.5. The highest BCUT2D eigenvalue weighted by Gasteiger charge is 2.27. The van der Waals surface area contributed by atoms with E-state index in [9.17, 15) is 4.79 Å². The molecular weight excluding hydrogens is 511 g/mol. The van der Waals surface area contributed by atoms with Gasteiger partial charge in [-0.15, -0.1) is 0 Å². The number of hydrogen-bond acceptors (Lipinski definition) is 6. The molecule has 2 aromatic rings. The average molecular weight is 552 g/mol. The SMILES string of the molecule is COC1CCC(CC(=O)N[C@H]2CC[C@H](CCN3CCN(c4noc5cc(Cl)c(Cl)cc45)CC3)CC2)CC1. The molecular formula is C28H40Cl2N4O3. The summed E-state index contributed by atoms with van der Waals surface area (Å²) in [5.74, 6) is 2.41. The number of fused-ring (bicyclic) bond motifs is 1. The van der Waals surface area contributed by atoms with Crippen molar-refractivity contribution >= 4 is 45.9 Å². The van der Waals surface area contributed by atoms with E-state index in [4.69, 9.17) is 32.5 Å². The van der Waals surface area contributed by atoms with Gasteiger partial charge in [0.1, 0.15) is 0 Å². The van der Waals surface area contributed by atoms with Crippen LogP contribution in [0.4, 0.5) is 5.82 Å². The third kappa shape index (κ3) is 6.92. The van der Waals surface area contributed by atoms with Gasteiger partial charge in [0, 0.05) is 51.8 Å². The lowest BCUT2D eigenvalue weighted by molar-refractivity contribution is -0.123. The standard InChI is InChI=1S/C28H40Cl2N4O3/c1-36-22-8-4-20(5-9-22)16-27(35)31-21-6-2-19(3-7-21)10-11-33-12-14-34(15-13-33)28-23-17-24(29)25(30)18-26(23)37-32-28/h17-22H,2-16H2,1H3,(H,31,35)/t19-,20?,21-,22?. The smallest absolute Gasteiger partial charge is 0.220 e. The van der Waals surface area contributed by atoms with E-state index in [0.29, 0.717) is 40.1 Å². The minimum atomic E-state index is 0.257. The second kappa shape index (κ2) is 12.5. The molecule has 0 atom stereocenters. The van der Waals surface area contributed by atoms with Gasteiger partial charge in [0.05, 0.1) is 21.5 Å². The molecule has 1 saturated heterocycles. The zero-order valence-electron chi connectivity index (χ0n) is 21.9. The number of nitrogens with one attached hydrogen (secondary N) is 1. The molecule has 7 nitrogen and oxygen atoms in total. The first-order valence-electron chi connectivity index (χ1n) is 14.0. The molecule has 5 rings (SSSR count). The topological polar surface area (TPSA) is 70.8 Å². The molecule has 0 bridgehead atoms. The van der Waals surface area contributed by atoms with Crippen LogP contribution in [0, 0.1) is 11.8 Å². The molecule has 2 saturated carbocycles. The Balaban J connectivity index is 0.985. The molecule has 2 heterocycles. The van der Waals surface area contributed by atoms with Crippen molar-refractivity contribution in [1.29, 1.82) is 0 Å². The van der Waals surface area contributed by atoms with Crippen molar-refractivity contribution in [2.24, 2.45) is 11.8 Å². The molecule has 1 aromatic carbocycles.